The van der Waals surface area contributed by atoms with Gasteiger partial charge in [-0.25, -0.2) is 0 Å². The first-order valence-corrected chi connectivity index (χ1v) is 7.42. The summed E-state index contributed by atoms with van der Waals surface area (Å²) in [5, 5.41) is 12.0. The maximum atomic E-state index is 9.92. The van der Waals surface area contributed by atoms with Crippen molar-refractivity contribution in [2.75, 3.05) is 0 Å². The molecule has 21 heavy (non-hydrogen) atoms. The van der Waals surface area contributed by atoms with E-state index in [0.717, 1.165) is 38.9 Å². The van der Waals surface area contributed by atoms with Crippen molar-refractivity contribution in [1.82, 2.24) is 4.98 Å². The van der Waals surface area contributed by atoms with Gasteiger partial charge >= 0.3 is 0 Å². The van der Waals surface area contributed by atoms with Crippen molar-refractivity contribution in [1.29, 1.82) is 0 Å². The molecule has 0 fully saturated rings. The van der Waals surface area contributed by atoms with E-state index in [1.54, 1.807) is 6.07 Å². The molecule has 3 rings (SSSR count). The molecular weight excluding hydrogens is 305 g/mol. The highest BCUT2D eigenvalue weighted by atomic mass is 35.5. The van der Waals surface area contributed by atoms with E-state index in [4.69, 9.17) is 23.2 Å². The van der Waals surface area contributed by atoms with Gasteiger partial charge in [-0.15, -0.1) is 0 Å². The summed E-state index contributed by atoms with van der Waals surface area (Å²) in [6, 6.07) is 7.66. The molecule has 4 heteroatoms. The monoisotopic (exact) mass is 319 g/mol. The molecule has 2 aromatic carbocycles. The van der Waals surface area contributed by atoms with Crippen LogP contribution in [-0.4, -0.2) is 10.1 Å². The molecule has 0 saturated carbocycles. The number of phenols is 1. The van der Waals surface area contributed by atoms with Crippen LogP contribution in [0.15, 0.2) is 24.3 Å². The zero-order chi connectivity index (χ0) is 15.3. The summed E-state index contributed by atoms with van der Waals surface area (Å²) in [6.45, 7) is 5.81. The average molecular weight is 320 g/mol. The maximum absolute atomic E-state index is 9.92. The Morgan fingerprint density at radius 1 is 1.00 bits per heavy atom. The van der Waals surface area contributed by atoms with E-state index < -0.39 is 0 Å². The lowest BCUT2D eigenvalue weighted by Gasteiger charge is -2.08. The first-order chi connectivity index (χ1) is 9.90. The maximum Gasteiger partial charge on any atom is 0.121 e. The van der Waals surface area contributed by atoms with Crippen molar-refractivity contribution >= 4 is 34.1 Å². The van der Waals surface area contributed by atoms with E-state index in [1.807, 2.05) is 39.0 Å². The second-order valence-electron chi connectivity index (χ2n) is 5.37. The molecule has 1 heterocycles. The summed E-state index contributed by atoms with van der Waals surface area (Å²) < 4.78 is 0. The van der Waals surface area contributed by atoms with Crippen LogP contribution < -0.4 is 0 Å². The van der Waals surface area contributed by atoms with Gasteiger partial charge in [0.25, 0.3) is 0 Å². The minimum Gasteiger partial charge on any atom is -0.507 e. The van der Waals surface area contributed by atoms with Crippen molar-refractivity contribution < 1.29 is 5.11 Å². The molecule has 2 nitrogen and oxygen atoms in total. The Morgan fingerprint density at radius 2 is 1.62 bits per heavy atom. The van der Waals surface area contributed by atoms with Gasteiger partial charge < -0.3 is 10.1 Å². The highest BCUT2D eigenvalue weighted by Gasteiger charge is 2.15. The summed E-state index contributed by atoms with van der Waals surface area (Å²) in [4.78, 5) is 3.40. The number of hydrogen-bond acceptors (Lipinski definition) is 1. The van der Waals surface area contributed by atoms with Gasteiger partial charge in [-0.3, -0.25) is 0 Å². The van der Waals surface area contributed by atoms with Crippen LogP contribution in [0.5, 0.6) is 5.75 Å². The average Bonchev–Trinajstić information content (AvgIpc) is 2.77. The molecular formula is C17H15Cl2NO. The molecule has 0 aliphatic carbocycles. The van der Waals surface area contributed by atoms with Gasteiger partial charge in [0, 0.05) is 16.6 Å². The lowest BCUT2D eigenvalue weighted by atomic mass is 10.0. The highest BCUT2D eigenvalue weighted by Crippen LogP contribution is 2.38. The third kappa shape index (κ3) is 2.19. The third-order valence-electron chi connectivity index (χ3n) is 3.88. The Labute approximate surface area is 133 Å². The molecule has 0 bridgehead atoms. The van der Waals surface area contributed by atoms with E-state index in [9.17, 15) is 5.11 Å². The van der Waals surface area contributed by atoms with Gasteiger partial charge in [0.1, 0.15) is 5.75 Å². The number of aromatic nitrogens is 1. The van der Waals surface area contributed by atoms with E-state index in [2.05, 4.69) is 4.98 Å². The van der Waals surface area contributed by atoms with Crippen LogP contribution in [-0.2, 0) is 0 Å². The van der Waals surface area contributed by atoms with Crippen molar-refractivity contribution in [3.05, 3.63) is 51.0 Å². The minimum absolute atomic E-state index is 0.341. The van der Waals surface area contributed by atoms with Gasteiger partial charge in [0.2, 0.25) is 0 Å². The van der Waals surface area contributed by atoms with Gasteiger partial charge in [0.15, 0.2) is 0 Å². The summed E-state index contributed by atoms with van der Waals surface area (Å²) in [7, 11) is 0. The number of aromatic hydroxyl groups is 1. The summed E-state index contributed by atoms with van der Waals surface area (Å²) in [5.41, 5.74) is 5.76. The Balaban J connectivity index is 2.31. The molecule has 3 aromatic rings. The molecule has 0 radical (unpaired) electrons. The van der Waals surface area contributed by atoms with Crippen LogP contribution in [0.2, 0.25) is 10.0 Å². The molecule has 0 amide bonds. The lowest BCUT2D eigenvalue weighted by Crippen LogP contribution is -1.86. The number of aromatic amines is 1. The minimum atomic E-state index is 0.341. The number of hydrogen-bond donors (Lipinski definition) is 2. The van der Waals surface area contributed by atoms with E-state index >= 15 is 0 Å². The van der Waals surface area contributed by atoms with Crippen LogP contribution >= 0.6 is 23.2 Å². The Bertz CT molecular complexity index is 842. The van der Waals surface area contributed by atoms with Crippen molar-refractivity contribution in [2.45, 2.75) is 20.8 Å². The van der Waals surface area contributed by atoms with Crippen LogP contribution in [0.25, 0.3) is 22.2 Å². The number of rotatable bonds is 1. The predicted octanol–water partition coefficient (Wildman–Crippen LogP) is 5.77. The Morgan fingerprint density at radius 3 is 2.24 bits per heavy atom. The van der Waals surface area contributed by atoms with Crippen LogP contribution in [0, 0.1) is 20.8 Å². The normalized spacial score (nSPS) is 11.3. The summed E-state index contributed by atoms with van der Waals surface area (Å²) >= 11 is 12.4. The van der Waals surface area contributed by atoms with E-state index in [-0.39, 0.29) is 0 Å². The number of fused-ring (bicyclic) bond motifs is 1. The largest absolute Gasteiger partial charge is 0.507 e. The topological polar surface area (TPSA) is 36.0 Å². The summed E-state index contributed by atoms with van der Waals surface area (Å²) in [5.74, 6) is 0.341. The second-order valence-corrected chi connectivity index (χ2v) is 6.15. The predicted molar refractivity (Wildman–Crippen MR) is 89.6 cm³/mol. The number of nitrogens with one attached hydrogen (secondary N) is 1. The number of aryl methyl sites for hydroxylation is 3. The zero-order valence-electron chi connectivity index (χ0n) is 12.0. The highest BCUT2D eigenvalue weighted by molar-refractivity contribution is 6.45. The van der Waals surface area contributed by atoms with Crippen molar-refractivity contribution in [3.63, 3.8) is 0 Å². The van der Waals surface area contributed by atoms with Gasteiger partial charge in [-0.05, 0) is 67.3 Å². The number of halogens is 2. The van der Waals surface area contributed by atoms with E-state index in [0.29, 0.717) is 15.8 Å². The van der Waals surface area contributed by atoms with Crippen LogP contribution in [0.4, 0.5) is 0 Å². The first kappa shape index (κ1) is 14.3. The molecule has 0 unspecified atom stereocenters. The third-order valence-corrected chi connectivity index (χ3v) is 4.69. The van der Waals surface area contributed by atoms with Gasteiger partial charge in [0.05, 0.1) is 10.0 Å². The molecule has 0 atom stereocenters. The molecule has 0 spiro atoms. The zero-order valence-corrected chi connectivity index (χ0v) is 13.5. The second kappa shape index (κ2) is 4.97. The van der Waals surface area contributed by atoms with Crippen molar-refractivity contribution in [2.24, 2.45) is 0 Å². The fourth-order valence-electron chi connectivity index (χ4n) is 2.76. The van der Waals surface area contributed by atoms with Gasteiger partial charge in [-0.1, -0.05) is 23.2 Å². The smallest absolute Gasteiger partial charge is 0.121 e. The molecule has 1 aromatic heterocycles. The van der Waals surface area contributed by atoms with Crippen molar-refractivity contribution in [3.8, 4) is 17.0 Å². The molecule has 108 valence electrons. The Kier molecular flexibility index (Phi) is 3.39. The lowest BCUT2D eigenvalue weighted by molar-refractivity contribution is 0.467. The van der Waals surface area contributed by atoms with Crippen LogP contribution in [0.1, 0.15) is 16.7 Å². The van der Waals surface area contributed by atoms with E-state index in [1.165, 1.54) is 0 Å². The quantitative estimate of drug-likeness (QED) is 0.586. The summed E-state index contributed by atoms with van der Waals surface area (Å²) in [6.07, 6.45) is 0. The SMILES string of the molecule is Cc1cc(-c2[nH]c3ccc(Cl)c(Cl)c3c2C)cc(C)c1O. The fourth-order valence-corrected chi connectivity index (χ4v) is 3.23. The fraction of sp³-hybridized carbons (Fsp3) is 0.176. The number of benzene rings is 2. The molecule has 0 aliphatic rings. The molecule has 0 aliphatic heterocycles. The standard InChI is InChI=1S/C17H15Cl2NO/c1-8-6-11(7-9(2)17(8)21)16-10(3)14-13(20-16)5-4-12(18)15(14)19/h4-7,20-21H,1-3H3. The van der Waals surface area contributed by atoms with Crippen LogP contribution in [0.3, 0.4) is 0 Å². The number of H-pyrrole nitrogens is 1. The Hall–Kier alpha value is -1.64. The van der Waals surface area contributed by atoms with Gasteiger partial charge in [-0.2, -0.15) is 0 Å². The first-order valence-electron chi connectivity index (χ1n) is 6.67. The molecule has 2 N–H and O–H groups in total. The number of phenolic OH excluding ortho intramolecular Hbond substituents is 1. The molecule has 0 saturated heterocycles.